The second-order valence-corrected chi connectivity index (χ2v) is 4.29. The third kappa shape index (κ3) is 2.54. The van der Waals surface area contributed by atoms with Gasteiger partial charge in [-0.2, -0.15) is 5.10 Å². The zero-order chi connectivity index (χ0) is 11.5. The van der Waals surface area contributed by atoms with Crippen LogP contribution in [0.25, 0.3) is 0 Å². The smallest absolute Gasteiger partial charge is 0.247 e. The first-order valence-corrected chi connectivity index (χ1v) is 5.34. The summed E-state index contributed by atoms with van der Waals surface area (Å²) in [6.07, 6.45) is 1.64. The van der Waals surface area contributed by atoms with Crippen LogP contribution in [0, 0.1) is 6.92 Å². The number of nitrogens with zero attached hydrogens (tertiary/aromatic N) is 4. The van der Waals surface area contributed by atoms with Gasteiger partial charge in [0, 0.05) is 6.20 Å². The van der Waals surface area contributed by atoms with Crippen molar-refractivity contribution in [1.82, 2.24) is 20.0 Å². The first kappa shape index (κ1) is 10.6. The Morgan fingerprint density at radius 2 is 2.44 bits per heavy atom. The van der Waals surface area contributed by atoms with Crippen molar-refractivity contribution in [1.29, 1.82) is 0 Å². The van der Waals surface area contributed by atoms with Gasteiger partial charge in [-0.1, -0.05) is 11.3 Å². The minimum absolute atomic E-state index is 0.107. The van der Waals surface area contributed by atoms with E-state index in [1.807, 2.05) is 6.92 Å². The lowest BCUT2D eigenvalue weighted by Gasteiger charge is -2.00. The van der Waals surface area contributed by atoms with Crippen LogP contribution in [-0.4, -0.2) is 25.9 Å². The maximum absolute atomic E-state index is 11.5. The molecular weight excluding hydrogens is 228 g/mol. The lowest BCUT2D eigenvalue weighted by atomic mass is 10.6. The molecular formula is C8H10N6OS. The number of carbonyl (C=O) groups excluding carboxylic acids is 1. The molecule has 0 spiro atoms. The number of rotatable bonds is 3. The molecule has 2 aromatic rings. The Kier molecular flexibility index (Phi) is 2.82. The average molecular weight is 238 g/mol. The summed E-state index contributed by atoms with van der Waals surface area (Å²) in [5, 5.41) is 15.4. The Labute approximate surface area is 95.3 Å². The minimum atomic E-state index is -0.209. The van der Waals surface area contributed by atoms with Crippen molar-refractivity contribution in [2.24, 2.45) is 0 Å². The largest absolute Gasteiger partial charge is 0.382 e. The molecule has 0 aromatic carbocycles. The average Bonchev–Trinajstić information content (AvgIpc) is 2.76. The predicted molar refractivity (Wildman–Crippen MR) is 59.9 cm³/mol. The molecule has 0 bridgehead atoms. The minimum Gasteiger partial charge on any atom is -0.382 e. The molecule has 0 aliphatic heterocycles. The van der Waals surface area contributed by atoms with Gasteiger partial charge in [0.1, 0.15) is 17.4 Å². The fourth-order valence-corrected chi connectivity index (χ4v) is 1.73. The van der Waals surface area contributed by atoms with Gasteiger partial charge >= 0.3 is 0 Å². The Hall–Kier alpha value is -1.96. The second-order valence-electron chi connectivity index (χ2n) is 3.11. The number of carbonyl (C=O) groups is 1. The lowest BCUT2D eigenvalue weighted by molar-refractivity contribution is -0.116. The second kappa shape index (κ2) is 4.27. The zero-order valence-electron chi connectivity index (χ0n) is 8.54. The first-order valence-electron chi connectivity index (χ1n) is 4.52. The maximum Gasteiger partial charge on any atom is 0.247 e. The van der Waals surface area contributed by atoms with Crippen molar-refractivity contribution in [2.45, 2.75) is 13.5 Å². The van der Waals surface area contributed by atoms with E-state index < -0.39 is 0 Å². The van der Waals surface area contributed by atoms with E-state index >= 15 is 0 Å². The highest BCUT2D eigenvalue weighted by Gasteiger charge is 2.07. The summed E-state index contributed by atoms with van der Waals surface area (Å²) in [4.78, 5) is 11.5. The van der Waals surface area contributed by atoms with Crippen LogP contribution in [0.1, 0.15) is 5.01 Å². The van der Waals surface area contributed by atoms with Crippen molar-refractivity contribution in [3.05, 3.63) is 17.3 Å². The number of aromatic nitrogens is 4. The summed E-state index contributed by atoms with van der Waals surface area (Å²) in [7, 11) is 0. The number of anilines is 2. The number of hydrogen-bond donors (Lipinski definition) is 2. The van der Waals surface area contributed by atoms with Gasteiger partial charge in [-0.25, -0.2) is 0 Å². The van der Waals surface area contributed by atoms with Crippen LogP contribution in [0.4, 0.5) is 10.9 Å². The summed E-state index contributed by atoms with van der Waals surface area (Å²) in [5.41, 5.74) is 5.43. The third-order valence-corrected chi connectivity index (χ3v) is 2.49. The van der Waals surface area contributed by atoms with Crippen molar-refractivity contribution in [2.75, 3.05) is 11.1 Å². The van der Waals surface area contributed by atoms with Gasteiger partial charge < -0.3 is 5.73 Å². The van der Waals surface area contributed by atoms with Gasteiger partial charge in [-0.15, -0.1) is 10.2 Å². The molecule has 2 rings (SSSR count). The first-order chi connectivity index (χ1) is 7.63. The highest BCUT2D eigenvalue weighted by Crippen LogP contribution is 2.13. The lowest BCUT2D eigenvalue weighted by Crippen LogP contribution is -2.19. The maximum atomic E-state index is 11.5. The van der Waals surface area contributed by atoms with E-state index in [0.29, 0.717) is 10.9 Å². The van der Waals surface area contributed by atoms with Crippen LogP contribution in [0.5, 0.6) is 0 Å². The van der Waals surface area contributed by atoms with Gasteiger partial charge in [0.05, 0.1) is 0 Å². The highest BCUT2D eigenvalue weighted by molar-refractivity contribution is 7.15. The number of amides is 1. The molecule has 0 radical (unpaired) electrons. The standard InChI is InChI=1S/C8H10N6OS/c1-5-11-12-8(16-5)10-7(15)4-14-3-2-6(9)13-14/h2-3H,4H2,1H3,(H2,9,13)(H,10,12,15). The molecule has 0 unspecified atom stereocenters. The number of nitrogens with two attached hydrogens (primary N) is 1. The van der Waals surface area contributed by atoms with E-state index in [0.717, 1.165) is 5.01 Å². The van der Waals surface area contributed by atoms with Gasteiger partial charge in [-0.05, 0) is 13.0 Å². The fraction of sp³-hybridized carbons (Fsp3) is 0.250. The van der Waals surface area contributed by atoms with Crippen molar-refractivity contribution < 1.29 is 4.79 Å². The Morgan fingerprint density at radius 3 is 3.00 bits per heavy atom. The van der Waals surface area contributed by atoms with Crippen LogP contribution in [-0.2, 0) is 11.3 Å². The molecule has 2 heterocycles. The van der Waals surface area contributed by atoms with Gasteiger partial charge in [0.2, 0.25) is 11.0 Å². The van der Waals surface area contributed by atoms with Crippen molar-refractivity contribution in [3.63, 3.8) is 0 Å². The molecule has 7 nitrogen and oxygen atoms in total. The molecule has 1 amide bonds. The predicted octanol–water partition coefficient (Wildman–Crippen LogP) is 0.264. The SMILES string of the molecule is Cc1nnc(NC(=O)Cn2ccc(N)n2)s1. The van der Waals surface area contributed by atoms with Gasteiger partial charge in [0.25, 0.3) is 0 Å². The van der Waals surface area contributed by atoms with Gasteiger partial charge in [-0.3, -0.25) is 14.8 Å². The Bertz CT molecular complexity index is 460. The normalized spacial score (nSPS) is 10.3. The number of aryl methyl sites for hydroxylation is 1. The molecule has 0 saturated heterocycles. The Balaban J connectivity index is 1.94. The summed E-state index contributed by atoms with van der Waals surface area (Å²) in [6, 6.07) is 1.63. The summed E-state index contributed by atoms with van der Waals surface area (Å²) in [6.45, 7) is 1.93. The van der Waals surface area contributed by atoms with E-state index in [4.69, 9.17) is 5.73 Å². The quantitative estimate of drug-likeness (QED) is 0.799. The van der Waals surface area contributed by atoms with Crippen LogP contribution in [0.2, 0.25) is 0 Å². The van der Waals surface area contributed by atoms with Gasteiger partial charge in [0.15, 0.2) is 0 Å². The molecule has 0 atom stereocenters. The molecule has 2 aromatic heterocycles. The summed E-state index contributed by atoms with van der Waals surface area (Å²) in [5.74, 6) is 0.179. The fourth-order valence-electron chi connectivity index (χ4n) is 1.12. The molecule has 3 N–H and O–H groups in total. The topological polar surface area (TPSA) is 98.7 Å². The monoisotopic (exact) mass is 238 g/mol. The van der Waals surface area contributed by atoms with Crippen LogP contribution in [0.15, 0.2) is 12.3 Å². The van der Waals surface area contributed by atoms with Crippen LogP contribution >= 0.6 is 11.3 Å². The third-order valence-electron chi connectivity index (χ3n) is 1.74. The van der Waals surface area contributed by atoms with Crippen molar-refractivity contribution in [3.8, 4) is 0 Å². The molecule has 0 fully saturated rings. The van der Waals surface area contributed by atoms with E-state index in [1.165, 1.54) is 16.0 Å². The molecule has 0 aliphatic carbocycles. The molecule has 8 heteroatoms. The van der Waals surface area contributed by atoms with E-state index in [9.17, 15) is 4.79 Å². The number of nitrogen functional groups attached to an aromatic ring is 1. The molecule has 16 heavy (non-hydrogen) atoms. The number of hydrogen-bond acceptors (Lipinski definition) is 6. The highest BCUT2D eigenvalue weighted by atomic mass is 32.1. The van der Waals surface area contributed by atoms with Crippen molar-refractivity contribution >= 4 is 28.2 Å². The summed E-state index contributed by atoms with van der Waals surface area (Å²) < 4.78 is 1.46. The summed E-state index contributed by atoms with van der Waals surface area (Å²) >= 11 is 1.32. The zero-order valence-corrected chi connectivity index (χ0v) is 9.36. The van der Waals surface area contributed by atoms with E-state index in [-0.39, 0.29) is 12.5 Å². The van der Waals surface area contributed by atoms with E-state index in [1.54, 1.807) is 12.3 Å². The molecule has 84 valence electrons. The molecule has 0 saturated carbocycles. The van der Waals surface area contributed by atoms with Crippen LogP contribution < -0.4 is 11.1 Å². The number of nitrogens with one attached hydrogen (secondary N) is 1. The van der Waals surface area contributed by atoms with E-state index in [2.05, 4.69) is 20.6 Å². The molecule has 0 aliphatic rings. The Morgan fingerprint density at radius 1 is 1.62 bits per heavy atom. The van der Waals surface area contributed by atoms with Crippen LogP contribution in [0.3, 0.4) is 0 Å².